The van der Waals surface area contributed by atoms with Crippen molar-refractivity contribution in [3.63, 3.8) is 0 Å². The van der Waals surface area contributed by atoms with E-state index in [1.54, 1.807) is 12.1 Å². The van der Waals surface area contributed by atoms with E-state index < -0.39 is 18.0 Å². The van der Waals surface area contributed by atoms with Crippen molar-refractivity contribution in [1.82, 2.24) is 20.0 Å². The van der Waals surface area contributed by atoms with Gasteiger partial charge in [-0.1, -0.05) is 5.16 Å². The highest BCUT2D eigenvalue weighted by atomic mass is 19.4. The SMILES string of the molecule is O=C(c1cc(-c2ccco2)on1)N1CCCC(Oc2nccc(C(F)(F)F)n2)C1. The number of ether oxygens (including phenoxy) is 1. The van der Waals surface area contributed by atoms with Crippen LogP contribution in [-0.2, 0) is 6.18 Å². The van der Waals surface area contributed by atoms with Crippen LogP contribution in [-0.4, -0.2) is 45.1 Å². The Kier molecular flexibility index (Phi) is 4.95. The molecule has 3 aromatic rings. The summed E-state index contributed by atoms with van der Waals surface area (Å²) in [4.78, 5) is 21.3. The van der Waals surface area contributed by atoms with E-state index in [4.69, 9.17) is 13.7 Å². The van der Waals surface area contributed by atoms with Gasteiger partial charge in [-0.25, -0.2) is 4.98 Å². The number of furan rings is 1. The van der Waals surface area contributed by atoms with Crippen LogP contribution in [0.25, 0.3) is 11.5 Å². The summed E-state index contributed by atoms with van der Waals surface area (Å²) in [5.74, 6) is 0.392. The number of amides is 1. The zero-order valence-electron chi connectivity index (χ0n) is 14.9. The van der Waals surface area contributed by atoms with E-state index in [9.17, 15) is 18.0 Å². The van der Waals surface area contributed by atoms with E-state index >= 15 is 0 Å². The van der Waals surface area contributed by atoms with Crippen molar-refractivity contribution in [3.05, 3.63) is 48.1 Å². The maximum Gasteiger partial charge on any atom is 0.433 e. The molecule has 1 fully saturated rings. The highest BCUT2D eigenvalue weighted by Crippen LogP contribution is 2.28. The van der Waals surface area contributed by atoms with Gasteiger partial charge in [0.05, 0.1) is 12.8 Å². The predicted molar refractivity (Wildman–Crippen MR) is 90.8 cm³/mol. The molecule has 152 valence electrons. The van der Waals surface area contributed by atoms with Gasteiger partial charge >= 0.3 is 12.2 Å². The summed E-state index contributed by atoms with van der Waals surface area (Å²) in [7, 11) is 0. The summed E-state index contributed by atoms with van der Waals surface area (Å²) in [6.45, 7) is 0.631. The Balaban J connectivity index is 1.43. The highest BCUT2D eigenvalue weighted by Gasteiger charge is 2.34. The van der Waals surface area contributed by atoms with Gasteiger partial charge in [-0.15, -0.1) is 0 Å². The Labute approximate surface area is 162 Å². The summed E-state index contributed by atoms with van der Waals surface area (Å²) in [5, 5.41) is 3.78. The first-order valence-corrected chi connectivity index (χ1v) is 8.77. The van der Waals surface area contributed by atoms with Gasteiger partial charge < -0.3 is 18.6 Å². The van der Waals surface area contributed by atoms with Gasteiger partial charge in [-0.05, 0) is 31.0 Å². The third-order valence-electron chi connectivity index (χ3n) is 4.35. The molecule has 29 heavy (non-hydrogen) atoms. The fourth-order valence-electron chi connectivity index (χ4n) is 3.00. The second-order valence-corrected chi connectivity index (χ2v) is 6.41. The van der Waals surface area contributed by atoms with Crippen molar-refractivity contribution in [3.8, 4) is 17.5 Å². The second kappa shape index (κ2) is 7.57. The van der Waals surface area contributed by atoms with Crippen LogP contribution in [0, 0.1) is 0 Å². The van der Waals surface area contributed by atoms with Crippen LogP contribution in [0.3, 0.4) is 0 Å². The zero-order chi connectivity index (χ0) is 20.4. The molecule has 3 aromatic heterocycles. The Morgan fingerprint density at radius 3 is 2.90 bits per heavy atom. The van der Waals surface area contributed by atoms with Gasteiger partial charge in [-0.3, -0.25) is 4.79 Å². The van der Waals surface area contributed by atoms with E-state index in [-0.39, 0.29) is 24.2 Å². The van der Waals surface area contributed by atoms with E-state index in [2.05, 4.69) is 15.1 Å². The molecule has 0 aromatic carbocycles. The number of hydrogen-bond donors (Lipinski definition) is 0. The molecule has 1 aliphatic rings. The number of hydrogen-bond acceptors (Lipinski definition) is 7. The summed E-state index contributed by atoms with van der Waals surface area (Å²) >= 11 is 0. The number of alkyl halides is 3. The first-order chi connectivity index (χ1) is 13.9. The first kappa shape index (κ1) is 19.0. The third kappa shape index (κ3) is 4.23. The van der Waals surface area contributed by atoms with Crippen molar-refractivity contribution < 1.29 is 31.6 Å². The second-order valence-electron chi connectivity index (χ2n) is 6.41. The Bertz CT molecular complexity index is 987. The molecule has 0 aliphatic carbocycles. The van der Waals surface area contributed by atoms with Crippen LogP contribution in [0.4, 0.5) is 13.2 Å². The van der Waals surface area contributed by atoms with Crippen LogP contribution >= 0.6 is 0 Å². The molecule has 1 aliphatic heterocycles. The molecule has 4 rings (SSSR count). The van der Waals surface area contributed by atoms with Crippen molar-refractivity contribution in [2.45, 2.75) is 25.1 Å². The standard InChI is InChI=1S/C18H15F3N4O4/c19-18(20,21)15-5-6-22-17(23-15)28-11-3-1-7-25(10-11)16(26)12-9-14(29-24-12)13-4-2-8-27-13/h2,4-6,8-9,11H,1,3,7,10H2. The molecule has 0 N–H and O–H groups in total. The molecule has 1 amide bonds. The lowest BCUT2D eigenvalue weighted by molar-refractivity contribution is -0.141. The maximum absolute atomic E-state index is 12.8. The van der Waals surface area contributed by atoms with E-state index in [0.717, 1.165) is 12.3 Å². The molecule has 0 bridgehead atoms. The molecule has 1 atom stereocenters. The molecule has 1 unspecified atom stereocenters. The number of rotatable bonds is 4. The molecular formula is C18H15F3N4O4. The van der Waals surface area contributed by atoms with Gasteiger partial charge in [0.2, 0.25) is 5.76 Å². The minimum Gasteiger partial charge on any atom is -0.461 e. The fourth-order valence-corrected chi connectivity index (χ4v) is 3.00. The molecule has 4 heterocycles. The van der Waals surface area contributed by atoms with Crippen molar-refractivity contribution in [2.75, 3.05) is 13.1 Å². The third-order valence-corrected chi connectivity index (χ3v) is 4.35. The highest BCUT2D eigenvalue weighted by molar-refractivity contribution is 5.93. The molecule has 11 heteroatoms. The van der Waals surface area contributed by atoms with Gasteiger partial charge in [-0.2, -0.15) is 18.2 Å². The summed E-state index contributed by atoms with van der Waals surface area (Å²) < 4.78 is 54.2. The summed E-state index contributed by atoms with van der Waals surface area (Å²) in [5.41, 5.74) is -0.980. The number of carbonyl (C=O) groups is 1. The van der Waals surface area contributed by atoms with E-state index in [1.807, 2.05) is 0 Å². The lowest BCUT2D eigenvalue weighted by Crippen LogP contribution is -2.44. The van der Waals surface area contributed by atoms with Crippen LogP contribution in [0.1, 0.15) is 29.0 Å². The van der Waals surface area contributed by atoms with Gasteiger partial charge in [0.1, 0.15) is 6.10 Å². The average Bonchev–Trinajstić information content (AvgIpc) is 3.39. The number of piperidine rings is 1. The van der Waals surface area contributed by atoms with Crippen LogP contribution in [0.5, 0.6) is 6.01 Å². The molecule has 1 saturated heterocycles. The first-order valence-electron chi connectivity index (χ1n) is 8.77. The van der Waals surface area contributed by atoms with Crippen LogP contribution in [0.2, 0.25) is 0 Å². The Hall–Kier alpha value is -3.37. The normalized spacial score (nSPS) is 17.3. The number of carbonyl (C=O) groups excluding carboxylic acids is 1. The van der Waals surface area contributed by atoms with Crippen molar-refractivity contribution in [1.29, 1.82) is 0 Å². The number of nitrogens with zero attached hydrogens (tertiary/aromatic N) is 4. The lowest BCUT2D eigenvalue weighted by atomic mass is 10.1. The lowest BCUT2D eigenvalue weighted by Gasteiger charge is -2.31. The van der Waals surface area contributed by atoms with E-state index in [0.29, 0.717) is 30.9 Å². The summed E-state index contributed by atoms with van der Waals surface area (Å²) in [6, 6.07) is 5.23. The number of aromatic nitrogens is 3. The van der Waals surface area contributed by atoms with Crippen molar-refractivity contribution >= 4 is 5.91 Å². The minimum atomic E-state index is -4.59. The minimum absolute atomic E-state index is 0.104. The van der Waals surface area contributed by atoms with Crippen LogP contribution in [0.15, 0.2) is 45.7 Å². The van der Waals surface area contributed by atoms with Crippen molar-refractivity contribution in [2.24, 2.45) is 0 Å². The average molecular weight is 408 g/mol. The monoisotopic (exact) mass is 408 g/mol. The quantitative estimate of drug-likeness (QED) is 0.653. The number of likely N-dealkylation sites (tertiary alicyclic amines) is 1. The Morgan fingerprint density at radius 2 is 2.14 bits per heavy atom. The number of halogens is 3. The molecule has 8 nitrogen and oxygen atoms in total. The molecular weight excluding hydrogens is 393 g/mol. The molecule has 0 saturated carbocycles. The zero-order valence-corrected chi connectivity index (χ0v) is 14.9. The predicted octanol–water partition coefficient (Wildman–Crippen LogP) is 3.43. The Morgan fingerprint density at radius 1 is 1.28 bits per heavy atom. The topological polar surface area (TPSA) is 94.5 Å². The molecule has 0 spiro atoms. The smallest absolute Gasteiger partial charge is 0.433 e. The van der Waals surface area contributed by atoms with Gasteiger partial charge in [0, 0.05) is 18.8 Å². The largest absolute Gasteiger partial charge is 0.461 e. The maximum atomic E-state index is 12.8. The molecule has 0 radical (unpaired) electrons. The van der Waals surface area contributed by atoms with Gasteiger partial charge in [0.15, 0.2) is 17.1 Å². The fraction of sp³-hybridized carbons (Fsp3) is 0.333. The van der Waals surface area contributed by atoms with Crippen LogP contribution < -0.4 is 4.74 Å². The van der Waals surface area contributed by atoms with E-state index in [1.165, 1.54) is 17.2 Å². The van der Waals surface area contributed by atoms with Gasteiger partial charge in [0.25, 0.3) is 5.91 Å². The summed E-state index contributed by atoms with van der Waals surface area (Å²) in [6.07, 6.45) is -1.50.